The summed E-state index contributed by atoms with van der Waals surface area (Å²) in [6.45, 7) is 0. The summed E-state index contributed by atoms with van der Waals surface area (Å²) in [6.07, 6.45) is 1.29. The number of hydrogen-bond donors (Lipinski definition) is 2. The van der Waals surface area contributed by atoms with Gasteiger partial charge in [0.1, 0.15) is 11.6 Å². The summed E-state index contributed by atoms with van der Waals surface area (Å²) < 4.78 is 18.7. The van der Waals surface area contributed by atoms with Crippen molar-refractivity contribution in [1.82, 2.24) is 9.97 Å². The van der Waals surface area contributed by atoms with Gasteiger partial charge in [-0.15, -0.1) is 0 Å². The van der Waals surface area contributed by atoms with Gasteiger partial charge >= 0.3 is 0 Å². The second-order valence-corrected chi connectivity index (χ2v) is 4.72. The van der Waals surface area contributed by atoms with Gasteiger partial charge in [0.15, 0.2) is 5.75 Å². The predicted octanol–water partition coefficient (Wildman–Crippen LogP) is 3.09. The predicted molar refractivity (Wildman–Crippen MR) is 78.3 cm³/mol. The lowest BCUT2D eigenvalue weighted by molar-refractivity contribution is 0.483. The van der Waals surface area contributed by atoms with Gasteiger partial charge < -0.3 is 15.5 Å². The van der Waals surface area contributed by atoms with Crippen LogP contribution in [0.1, 0.15) is 0 Å². The quantitative estimate of drug-likeness (QED) is 0.713. The number of nitrogens with two attached hydrogens (primary N) is 1. The molecular formula is C14H9ClFN3O2. The van der Waals surface area contributed by atoms with Crippen molar-refractivity contribution in [3.05, 3.63) is 57.9 Å². The number of nitrogens with one attached hydrogen (secondary N) is 1. The van der Waals surface area contributed by atoms with Crippen molar-refractivity contribution in [2.24, 2.45) is 0 Å². The van der Waals surface area contributed by atoms with Crippen molar-refractivity contribution < 1.29 is 9.13 Å². The van der Waals surface area contributed by atoms with E-state index in [0.717, 1.165) is 0 Å². The van der Waals surface area contributed by atoms with Crippen LogP contribution in [0, 0.1) is 5.82 Å². The number of rotatable bonds is 2. The summed E-state index contributed by atoms with van der Waals surface area (Å²) in [4.78, 5) is 18.1. The number of nitrogen functional groups attached to an aromatic ring is 1. The van der Waals surface area contributed by atoms with Gasteiger partial charge in [-0.05, 0) is 18.2 Å². The van der Waals surface area contributed by atoms with E-state index in [9.17, 15) is 9.18 Å². The van der Waals surface area contributed by atoms with Gasteiger partial charge in [0.2, 0.25) is 0 Å². The fourth-order valence-corrected chi connectivity index (χ4v) is 2.04. The number of aromatic amines is 1. The molecule has 0 saturated carbocycles. The molecule has 0 atom stereocenters. The molecule has 0 spiro atoms. The summed E-state index contributed by atoms with van der Waals surface area (Å²) in [7, 11) is 0. The Balaban J connectivity index is 2.06. The molecule has 0 fully saturated rings. The highest BCUT2D eigenvalue weighted by Crippen LogP contribution is 2.31. The molecule has 106 valence electrons. The summed E-state index contributed by atoms with van der Waals surface area (Å²) in [6, 6.07) is 6.97. The van der Waals surface area contributed by atoms with Crippen molar-refractivity contribution in [3.63, 3.8) is 0 Å². The number of anilines is 1. The summed E-state index contributed by atoms with van der Waals surface area (Å²) in [5.74, 6) is 0.101. The summed E-state index contributed by atoms with van der Waals surface area (Å²) in [5.41, 5.74) is 6.28. The van der Waals surface area contributed by atoms with E-state index in [1.807, 2.05) is 0 Å². The molecule has 0 unspecified atom stereocenters. The first-order valence-electron chi connectivity index (χ1n) is 5.94. The van der Waals surface area contributed by atoms with E-state index in [1.165, 1.54) is 36.7 Å². The Bertz CT molecular complexity index is 895. The number of H-pyrrole nitrogens is 1. The Kier molecular flexibility index (Phi) is 3.23. The lowest BCUT2D eigenvalue weighted by Crippen LogP contribution is -2.07. The van der Waals surface area contributed by atoms with Crippen molar-refractivity contribution in [2.45, 2.75) is 0 Å². The Morgan fingerprint density at radius 2 is 2.10 bits per heavy atom. The third-order valence-corrected chi connectivity index (χ3v) is 3.18. The van der Waals surface area contributed by atoms with Crippen molar-refractivity contribution in [1.29, 1.82) is 0 Å². The molecule has 21 heavy (non-hydrogen) atoms. The third-order valence-electron chi connectivity index (χ3n) is 2.89. The number of hydrogen-bond acceptors (Lipinski definition) is 4. The second-order valence-electron chi connectivity index (χ2n) is 4.32. The first kappa shape index (κ1) is 13.4. The van der Waals surface area contributed by atoms with Gasteiger partial charge in [-0.2, -0.15) is 0 Å². The fourth-order valence-electron chi connectivity index (χ4n) is 1.87. The number of fused-ring (bicyclic) bond motifs is 1. The fraction of sp³-hybridized carbons (Fsp3) is 0. The highest BCUT2D eigenvalue weighted by molar-refractivity contribution is 6.30. The van der Waals surface area contributed by atoms with Crippen LogP contribution in [0.4, 0.5) is 10.1 Å². The molecular weight excluding hydrogens is 297 g/mol. The summed E-state index contributed by atoms with van der Waals surface area (Å²) in [5, 5.41) is 0.306. The Labute approximate surface area is 123 Å². The molecule has 0 aliphatic rings. The molecule has 1 heterocycles. The molecule has 3 aromatic rings. The van der Waals surface area contributed by atoms with Crippen molar-refractivity contribution in [2.75, 3.05) is 5.73 Å². The molecule has 0 aliphatic heterocycles. The molecule has 5 nitrogen and oxygen atoms in total. The van der Waals surface area contributed by atoms with Gasteiger partial charge in [-0.1, -0.05) is 11.6 Å². The maximum atomic E-state index is 13.1. The van der Waals surface area contributed by atoms with Gasteiger partial charge in [-0.3, -0.25) is 4.79 Å². The molecule has 0 amide bonds. The van der Waals surface area contributed by atoms with E-state index in [4.69, 9.17) is 22.1 Å². The van der Waals surface area contributed by atoms with E-state index in [0.29, 0.717) is 22.4 Å². The lowest BCUT2D eigenvalue weighted by atomic mass is 10.2. The minimum absolute atomic E-state index is 0.0542. The highest BCUT2D eigenvalue weighted by Gasteiger charge is 2.09. The van der Waals surface area contributed by atoms with Crippen molar-refractivity contribution in [3.8, 4) is 11.5 Å². The Hall–Kier alpha value is -2.60. The van der Waals surface area contributed by atoms with Gasteiger partial charge in [0.25, 0.3) is 5.56 Å². The van der Waals surface area contributed by atoms with Gasteiger partial charge in [-0.25, -0.2) is 9.37 Å². The Morgan fingerprint density at radius 3 is 2.86 bits per heavy atom. The van der Waals surface area contributed by atoms with Crippen LogP contribution >= 0.6 is 11.6 Å². The maximum absolute atomic E-state index is 13.1. The van der Waals surface area contributed by atoms with Gasteiger partial charge in [0.05, 0.1) is 27.9 Å². The van der Waals surface area contributed by atoms with Crippen LogP contribution in [-0.4, -0.2) is 9.97 Å². The average molecular weight is 306 g/mol. The monoisotopic (exact) mass is 305 g/mol. The van der Waals surface area contributed by atoms with Crippen LogP contribution in [-0.2, 0) is 0 Å². The molecule has 3 rings (SSSR count). The van der Waals surface area contributed by atoms with E-state index in [-0.39, 0.29) is 16.3 Å². The van der Waals surface area contributed by atoms with Crippen LogP contribution in [0.15, 0.2) is 41.5 Å². The SMILES string of the molecule is Nc1cc2c(=O)[nH]cnc2cc1Oc1ccc(F)c(Cl)c1. The zero-order valence-electron chi connectivity index (χ0n) is 10.6. The average Bonchev–Trinajstić information content (AvgIpc) is 2.45. The number of benzene rings is 2. The zero-order valence-corrected chi connectivity index (χ0v) is 11.3. The molecule has 1 aromatic heterocycles. The lowest BCUT2D eigenvalue weighted by Gasteiger charge is -2.09. The first-order valence-corrected chi connectivity index (χ1v) is 6.32. The molecule has 0 radical (unpaired) electrons. The smallest absolute Gasteiger partial charge is 0.258 e. The molecule has 0 aliphatic carbocycles. The third kappa shape index (κ3) is 2.53. The van der Waals surface area contributed by atoms with Crippen LogP contribution in [0.3, 0.4) is 0 Å². The standard InChI is InChI=1S/C14H9ClFN3O2/c15-9-3-7(1-2-10(9)16)21-13-5-12-8(4-11(13)17)14(20)19-6-18-12/h1-6H,17H2,(H,18,19,20). The second kappa shape index (κ2) is 5.06. The topological polar surface area (TPSA) is 81.0 Å². The molecule has 0 saturated heterocycles. The minimum atomic E-state index is -0.538. The van der Waals surface area contributed by atoms with Crippen LogP contribution in [0.2, 0.25) is 5.02 Å². The van der Waals surface area contributed by atoms with Gasteiger partial charge in [0, 0.05) is 12.1 Å². The number of ether oxygens (including phenoxy) is 1. The maximum Gasteiger partial charge on any atom is 0.258 e. The van der Waals surface area contributed by atoms with Crippen LogP contribution < -0.4 is 16.0 Å². The first-order chi connectivity index (χ1) is 10.0. The summed E-state index contributed by atoms with van der Waals surface area (Å²) >= 11 is 5.69. The van der Waals surface area contributed by atoms with Crippen LogP contribution in [0.25, 0.3) is 10.9 Å². The minimum Gasteiger partial charge on any atom is -0.455 e. The molecule has 2 aromatic carbocycles. The molecule has 3 N–H and O–H groups in total. The Morgan fingerprint density at radius 1 is 1.29 bits per heavy atom. The number of nitrogens with zero attached hydrogens (tertiary/aromatic N) is 1. The molecule has 0 bridgehead atoms. The van der Waals surface area contributed by atoms with Crippen LogP contribution in [0.5, 0.6) is 11.5 Å². The van der Waals surface area contributed by atoms with E-state index in [1.54, 1.807) is 0 Å². The molecule has 7 heteroatoms. The highest BCUT2D eigenvalue weighted by atomic mass is 35.5. The van der Waals surface area contributed by atoms with Crippen molar-refractivity contribution >= 4 is 28.2 Å². The number of halogens is 2. The zero-order chi connectivity index (χ0) is 15.0. The van der Waals surface area contributed by atoms with E-state index < -0.39 is 5.82 Å². The van der Waals surface area contributed by atoms with E-state index in [2.05, 4.69) is 9.97 Å². The number of aromatic nitrogens is 2. The van der Waals surface area contributed by atoms with E-state index >= 15 is 0 Å². The normalized spacial score (nSPS) is 10.8. The largest absolute Gasteiger partial charge is 0.455 e.